The summed E-state index contributed by atoms with van der Waals surface area (Å²) in [7, 11) is 0. The fourth-order valence-electron chi connectivity index (χ4n) is 2.38. The van der Waals surface area contributed by atoms with Crippen molar-refractivity contribution in [2.24, 2.45) is 11.7 Å². The molecule has 0 bridgehead atoms. The molecule has 0 saturated carbocycles. The number of ether oxygens (including phenoxy) is 1. The van der Waals surface area contributed by atoms with Gasteiger partial charge in [0, 0.05) is 11.4 Å². The number of amides is 2. The summed E-state index contributed by atoms with van der Waals surface area (Å²) in [5.41, 5.74) is 7.46. The Hall–Kier alpha value is -2.38. The zero-order valence-electron chi connectivity index (χ0n) is 17.6. The largest absolute Gasteiger partial charge is 0.378 e. The van der Waals surface area contributed by atoms with Crippen LogP contribution in [0.25, 0.3) is 0 Å². The van der Waals surface area contributed by atoms with E-state index < -0.39 is 0 Å². The summed E-state index contributed by atoms with van der Waals surface area (Å²) >= 11 is 0. The molecule has 28 heavy (non-hydrogen) atoms. The molecule has 2 amide bonds. The van der Waals surface area contributed by atoms with Crippen molar-refractivity contribution in [1.29, 1.82) is 0 Å². The molecule has 0 saturated heterocycles. The smallest absolute Gasteiger partial charge is 0.243 e. The third kappa shape index (κ3) is 9.01. The third-order valence-electron chi connectivity index (χ3n) is 3.93. The Morgan fingerprint density at radius 3 is 2.25 bits per heavy atom. The first-order chi connectivity index (χ1) is 13.0. The van der Waals surface area contributed by atoms with Crippen LogP contribution < -0.4 is 21.7 Å². The fourth-order valence-corrected chi connectivity index (χ4v) is 2.38. The van der Waals surface area contributed by atoms with Crippen molar-refractivity contribution in [3.63, 3.8) is 0 Å². The van der Waals surface area contributed by atoms with Crippen molar-refractivity contribution in [3.8, 4) is 0 Å². The summed E-state index contributed by atoms with van der Waals surface area (Å²) in [6.07, 6.45) is 0. The predicted molar refractivity (Wildman–Crippen MR) is 113 cm³/mol. The first kappa shape index (κ1) is 23.7. The summed E-state index contributed by atoms with van der Waals surface area (Å²) in [4.78, 5) is 23.7. The molecule has 0 aliphatic rings. The van der Waals surface area contributed by atoms with Gasteiger partial charge in [-0.1, -0.05) is 32.6 Å². The van der Waals surface area contributed by atoms with Gasteiger partial charge in [0.1, 0.15) is 0 Å². The van der Waals surface area contributed by atoms with E-state index in [0.717, 1.165) is 5.56 Å². The van der Waals surface area contributed by atoms with Crippen LogP contribution in [0.3, 0.4) is 0 Å². The Balaban J connectivity index is 2.51. The second-order valence-electron chi connectivity index (χ2n) is 8.02. The predicted octanol–water partition coefficient (Wildman–Crippen LogP) is 2.14. The molecule has 1 aromatic rings. The van der Waals surface area contributed by atoms with E-state index >= 15 is 0 Å². The maximum atomic E-state index is 12.2. The first-order valence-electron chi connectivity index (χ1n) is 9.46. The van der Waals surface area contributed by atoms with Gasteiger partial charge >= 0.3 is 0 Å². The van der Waals surface area contributed by atoms with Crippen LogP contribution >= 0.6 is 0 Å². The average molecular weight is 391 g/mol. The number of hydrogen-bond donors (Lipinski definition) is 4. The van der Waals surface area contributed by atoms with E-state index in [1.807, 2.05) is 58.9 Å². The van der Waals surface area contributed by atoms with Gasteiger partial charge in [-0.3, -0.25) is 9.59 Å². The van der Waals surface area contributed by atoms with Gasteiger partial charge < -0.3 is 26.4 Å². The normalized spacial score (nSPS) is 12.4. The lowest BCUT2D eigenvalue weighted by Gasteiger charge is -2.25. The van der Waals surface area contributed by atoms with Crippen molar-refractivity contribution in [3.05, 3.63) is 42.1 Å². The molecule has 7 heteroatoms. The number of rotatable bonds is 10. The summed E-state index contributed by atoms with van der Waals surface area (Å²) in [6.45, 7) is 14.4. The van der Waals surface area contributed by atoms with Crippen LogP contribution in [-0.4, -0.2) is 36.5 Å². The van der Waals surface area contributed by atoms with Crippen molar-refractivity contribution < 1.29 is 14.3 Å². The topological polar surface area (TPSA) is 105 Å². The highest BCUT2D eigenvalue weighted by Gasteiger charge is 2.19. The van der Waals surface area contributed by atoms with Gasteiger partial charge in [0.25, 0.3) is 0 Å². The molecule has 1 aromatic carbocycles. The van der Waals surface area contributed by atoms with Crippen molar-refractivity contribution in [1.82, 2.24) is 10.6 Å². The van der Waals surface area contributed by atoms with Crippen LogP contribution in [0, 0.1) is 5.92 Å². The van der Waals surface area contributed by atoms with E-state index in [-0.39, 0.29) is 42.5 Å². The van der Waals surface area contributed by atoms with Gasteiger partial charge in [0.2, 0.25) is 11.8 Å². The molecule has 0 fully saturated rings. The summed E-state index contributed by atoms with van der Waals surface area (Å²) in [5.74, 6) is -0.351. The molecular formula is C21H34N4O3. The molecule has 0 aliphatic carbocycles. The van der Waals surface area contributed by atoms with Gasteiger partial charge in [-0.15, -0.1) is 0 Å². The highest BCUT2D eigenvalue weighted by molar-refractivity contribution is 5.92. The van der Waals surface area contributed by atoms with E-state index in [9.17, 15) is 9.59 Å². The van der Waals surface area contributed by atoms with Crippen LogP contribution in [0.15, 0.2) is 36.5 Å². The molecule has 0 heterocycles. The van der Waals surface area contributed by atoms with Crippen LogP contribution in [0.2, 0.25) is 0 Å². The van der Waals surface area contributed by atoms with E-state index in [2.05, 4.69) is 22.5 Å². The molecule has 0 aromatic heterocycles. The second kappa shape index (κ2) is 10.8. The molecule has 1 rings (SSSR count). The molecule has 1 unspecified atom stereocenters. The number of carbonyl (C=O) groups is 2. The minimum absolute atomic E-state index is 0.0510. The van der Waals surface area contributed by atoms with Crippen molar-refractivity contribution >= 4 is 17.5 Å². The summed E-state index contributed by atoms with van der Waals surface area (Å²) in [6, 6.07) is 7.22. The molecular weight excluding hydrogens is 356 g/mol. The maximum Gasteiger partial charge on any atom is 0.243 e. The standard InChI is InChI=1S/C21H34N4O3/c1-14(2)20(25-18(26)11-22)15(3)23-12-19(27)24-17-9-7-16(8-10-17)13-28-21(4,5)6/h7-10,14,20,23H,3,11-13,22H2,1-2,4-6H3,(H,24,27)(H,25,26). The van der Waals surface area contributed by atoms with E-state index in [4.69, 9.17) is 10.5 Å². The number of nitrogens with two attached hydrogens (primary N) is 1. The van der Waals surface area contributed by atoms with E-state index in [1.165, 1.54) is 0 Å². The Morgan fingerprint density at radius 2 is 1.75 bits per heavy atom. The molecule has 0 aliphatic heterocycles. The zero-order chi connectivity index (χ0) is 21.3. The van der Waals surface area contributed by atoms with Crippen LogP contribution in [-0.2, 0) is 20.9 Å². The number of carbonyl (C=O) groups excluding carboxylic acids is 2. The lowest BCUT2D eigenvalue weighted by Crippen LogP contribution is -2.46. The van der Waals surface area contributed by atoms with Gasteiger partial charge in [0.15, 0.2) is 0 Å². The first-order valence-corrected chi connectivity index (χ1v) is 9.46. The van der Waals surface area contributed by atoms with E-state index in [0.29, 0.717) is 18.0 Å². The summed E-state index contributed by atoms with van der Waals surface area (Å²) in [5, 5.41) is 8.60. The van der Waals surface area contributed by atoms with Crippen LogP contribution in [0.5, 0.6) is 0 Å². The Bertz CT molecular complexity index is 663. The van der Waals surface area contributed by atoms with Gasteiger partial charge in [-0.2, -0.15) is 0 Å². The molecule has 5 N–H and O–H groups in total. The molecule has 0 spiro atoms. The third-order valence-corrected chi connectivity index (χ3v) is 3.93. The SMILES string of the molecule is C=C(NCC(=O)Nc1ccc(COC(C)(C)C)cc1)C(NC(=O)CN)C(C)C. The van der Waals surface area contributed by atoms with Gasteiger partial charge in [0.05, 0.1) is 31.3 Å². The highest BCUT2D eigenvalue weighted by Crippen LogP contribution is 2.14. The maximum absolute atomic E-state index is 12.2. The molecule has 0 radical (unpaired) electrons. The minimum atomic E-state index is -0.300. The van der Waals surface area contributed by atoms with Crippen molar-refractivity contribution in [2.75, 3.05) is 18.4 Å². The highest BCUT2D eigenvalue weighted by atomic mass is 16.5. The Kier molecular flexibility index (Phi) is 9.15. The summed E-state index contributed by atoms with van der Waals surface area (Å²) < 4.78 is 5.73. The Labute approximate surface area is 168 Å². The fraction of sp³-hybridized carbons (Fsp3) is 0.524. The van der Waals surface area contributed by atoms with Crippen LogP contribution in [0.4, 0.5) is 5.69 Å². The second-order valence-corrected chi connectivity index (χ2v) is 8.02. The number of anilines is 1. The zero-order valence-corrected chi connectivity index (χ0v) is 17.6. The minimum Gasteiger partial charge on any atom is -0.378 e. The quantitative estimate of drug-likeness (QED) is 0.490. The number of nitrogens with one attached hydrogen (secondary N) is 3. The van der Waals surface area contributed by atoms with E-state index in [1.54, 1.807) is 0 Å². The number of hydrogen-bond acceptors (Lipinski definition) is 5. The molecule has 7 nitrogen and oxygen atoms in total. The lowest BCUT2D eigenvalue weighted by atomic mass is 10.0. The van der Waals surface area contributed by atoms with Crippen molar-refractivity contribution in [2.45, 2.75) is 52.9 Å². The molecule has 1 atom stereocenters. The average Bonchev–Trinajstić information content (AvgIpc) is 2.62. The van der Waals surface area contributed by atoms with Gasteiger partial charge in [-0.25, -0.2) is 0 Å². The van der Waals surface area contributed by atoms with Crippen LogP contribution in [0.1, 0.15) is 40.2 Å². The Morgan fingerprint density at radius 1 is 1.14 bits per heavy atom. The monoisotopic (exact) mass is 390 g/mol. The number of benzene rings is 1. The van der Waals surface area contributed by atoms with Gasteiger partial charge in [-0.05, 0) is 44.4 Å². The molecule has 156 valence electrons. The lowest BCUT2D eigenvalue weighted by molar-refractivity contribution is -0.120.